The first-order valence-corrected chi connectivity index (χ1v) is 3.53. The Balaban J connectivity index is 2.85. The molecule has 0 N–H and O–H groups in total. The molecule has 0 bridgehead atoms. The van der Waals surface area contributed by atoms with Crippen LogP contribution in [-0.4, -0.2) is 15.0 Å². The van der Waals surface area contributed by atoms with Crippen LogP contribution in [0.15, 0.2) is 12.4 Å². The van der Waals surface area contributed by atoms with Gasteiger partial charge in [-0.3, -0.25) is 0 Å². The molecular formula is C7H13N3. The molecule has 0 saturated heterocycles. The third-order valence-electron chi connectivity index (χ3n) is 1.83. The maximum Gasteiger partial charge on any atom is 0.0765 e. The molecule has 0 aliphatic rings. The number of hydrogen-bond donors (Lipinski definition) is 0. The van der Waals surface area contributed by atoms with E-state index in [0.29, 0.717) is 0 Å². The Kier molecular flexibility index (Phi) is 1.74. The topological polar surface area (TPSA) is 30.7 Å². The Morgan fingerprint density at radius 2 is 1.80 bits per heavy atom. The van der Waals surface area contributed by atoms with Gasteiger partial charge in [-0.25, -0.2) is 0 Å². The maximum atomic E-state index is 4.06. The van der Waals surface area contributed by atoms with Gasteiger partial charge < -0.3 is 0 Å². The molecule has 3 heteroatoms. The van der Waals surface area contributed by atoms with E-state index in [1.807, 2.05) is 0 Å². The van der Waals surface area contributed by atoms with Crippen molar-refractivity contribution in [3.63, 3.8) is 0 Å². The van der Waals surface area contributed by atoms with Crippen LogP contribution in [0.3, 0.4) is 0 Å². The number of aromatic nitrogens is 3. The quantitative estimate of drug-likeness (QED) is 0.620. The molecule has 0 amide bonds. The first-order valence-electron chi connectivity index (χ1n) is 3.53. The molecule has 0 unspecified atom stereocenters. The normalized spacial score (nSPS) is 11.9. The van der Waals surface area contributed by atoms with E-state index in [4.69, 9.17) is 0 Å². The minimum absolute atomic E-state index is 0.0590. The second-order valence-corrected chi connectivity index (χ2v) is 2.98. The second-order valence-electron chi connectivity index (χ2n) is 2.98. The molecule has 0 aliphatic heterocycles. The van der Waals surface area contributed by atoms with Crippen LogP contribution in [0.5, 0.6) is 0 Å². The fourth-order valence-electron chi connectivity index (χ4n) is 0.670. The Bertz CT molecular complexity index is 189. The van der Waals surface area contributed by atoms with Gasteiger partial charge in [0.1, 0.15) is 0 Å². The smallest absolute Gasteiger partial charge is 0.0765 e. The van der Waals surface area contributed by atoms with Crippen LogP contribution in [-0.2, 0) is 5.54 Å². The molecule has 0 aromatic carbocycles. The lowest BCUT2D eigenvalue weighted by atomic mass is 10.0. The highest BCUT2D eigenvalue weighted by Gasteiger charge is 2.18. The highest BCUT2D eigenvalue weighted by molar-refractivity contribution is 4.72. The average molecular weight is 139 g/mol. The molecule has 56 valence electrons. The SMILES string of the molecule is CCC(C)(C)n1nccn1. The molecule has 1 aromatic heterocycles. The van der Waals surface area contributed by atoms with Crippen LogP contribution < -0.4 is 0 Å². The van der Waals surface area contributed by atoms with Crippen LogP contribution in [0.4, 0.5) is 0 Å². The fourth-order valence-corrected chi connectivity index (χ4v) is 0.670. The van der Waals surface area contributed by atoms with Gasteiger partial charge in [-0.15, -0.1) is 0 Å². The maximum absolute atomic E-state index is 4.06. The predicted molar refractivity (Wildman–Crippen MR) is 39.6 cm³/mol. The van der Waals surface area contributed by atoms with E-state index in [2.05, 4.69) is 31.0 Å². The molecule has 0 atom stereocenters. The van der Waals surface area contributed by atoms with Gasteiger partial charge in [0.05, 0.1) is 17.9 Å². The minimum atomic E-state index is 0.0590. The van der Waals surface area contributed by atoms with E-state index in [1.165, 1.54) is 0 Å². The zero-order chi connectivity index (χ0) is 7.61. The van der Waals surface area contributed by atoms with Crippen molar-refractivity contribution in [2.24, 2.45) is 0 Å². The van der Waals surface area contributed by atoms with Gasteiger partial charge in [0.2, 0.25) is 0 Å². The molecule has 3 nitrogen and oxygen atoms in total. The summed E-state index contributed by atoms with van der Waals surface area (Å²) in [7, 11) is 0. The summed E-state index contributed by atoms with van der Waals surface area (Å²) >= 11 is 0. The average Bonchev–Trinajstić information content (AvgIpc) is 2.38. The summed E-state index contributed by atoms with van der Waals surface area (Å²) in [6.07, 6.45) is 4.45. The van der Waals surface area contributed by atoms with Gasteiger partial charge in [-0.2, -0.15) is 15.0 Å². The number of hydrogen-bond acceptors (Lipinski definition) is 2. The zero-order valence-electron chi connectivity index (χ0n) is 6.70. The van der Waals surface area contributed by atoms with E-state index >= 15 is 0 Å². The third kappa shape index (κ3) is 1.17. The highest BCUT2D eigenvalue weighted by atomic mass is 15.5. The van der Waals surface area contributed by atoms with Crippen LogP contribution in [0.1, 0.15) is 27.2 Å². The lowest BCUT2D eigenvalue weighted by Gasteiger charge is -2.20. The summed E-state index contributed by atoms with van der Waals surface area (Å²) in [5.41, 5.74) is 0.0590. The Labute approximate surface area is 61.1 Å². The van der Waals surface area contributed by atoms with E-state index in [9.17, 15) is 0 Å². The molecule has 1 heterocycles. The Morgan fingerprint density at radius 3 is 2.20 bits per heavy atom. The second kappa shape index (κ2) is 2.40. The van der Waals surface area contributed by atoms with E-state index in [-0.39, 0.29) is 5.54 Å². The van der Waals surface area contributed by atoms with Crippen LogP contribution in [0, 0.1) is 0 Å². The molecule has 0 saturated carbocycles. The van der Waals surface area contributed by atoms with Gasteiger partial charge in [-0.1, -0.05) is 6.92 Å². The Morgan fingerprint density at radius 1 is 1.30 bits per heavy atom. The van der Waals surface area contributed by atoms with Crippen molar-refractivity contribution < 1.29 is 0 Å². The van der Waals surface area contributed by atoms with Crippen LogP contribution in [0.25, 0.3) is 0 Å². The van der Waals surface area contributed by atoms with Gasteiger partial charge >= 0.3 is 0 Å². The van der Waals surface area contributed by atoms with Crippen molar-refractivity contribution in [1.29, 1.82) is 0 Å². The van der Waals surface area contributed by atoms with Gasteiger partial charge in [0.15, 0.2) is 0 Å². The van der Waals surface area contributed by atoms with Crippen LogP contribution >= 0.6 is 0 Å². The summed E-state index contributed by atoms with van der Waals surface area (Å²) in [6, 6.07) is 0. The van der Waals surface area contributed by atoms with Crippen molar-refractivity contribution in [1.82, 2.24) is 15.0 Å². The molecule has 0 fully saturated rings. The van der Waals surface area contributed by atoms with Crippen molar-refractivity contribution in [2.75, 3.05) is 0 Å². The van der Waals surface area contributed by atoms with Crippen molar-refractivity contribution in [3.05, 3.63) is 12.4 Å². The number of rotatable bonds is 2. The van der Waals surface area contributed by atoms with Gasteiger partial charge in [-0.05, 0) is 20.3 Å². The van der Waals surface area contributed by atoms with E-state index < -0.39 is 0 Å². The van der Waals surface area contributed by atoms with Crippen molar-refractivity contribution in [2.45, 2.75) is 32.7 Å². The summed E-state index contributed by atoms with van der Waals surface area (Å²) in [6.45, 7) is 6.36. The minimum Gasteiger partial charge on any atom is -0.179 e. The van der Waals surface area contributed by atoms with Crippen LogP contribution in [0.2, 0.25) is 0 Å². The standard InChI is InChI=1S/C7H13N3/c1-4-7(2,3)10-8-5-6-9-10/h5-6H,4H2,1-3H3. The van der Waals surface area contributed by atoms with Gasteiger partial charge in [0.25, 0.3) is 0 Å². The predicted octanol–water partition coefficient (Wildman–Crippen LogP) is 1.42. The molecule has 0 radical (unpaired) electrons. The van der Waals surface area contributed by atoms with Crippen molar-refractivity contribution >= 4 is 0 Å². The lowest BCUT2D eigenvalue weighted by Crippen LogP contribution is -2.27. The van der Waals surface area contributed by atoms with Gasteiger partial charge in [0, 0.05) is 0 Å². The molecule has 10 heavy (non-hydrogen) atoms. The van der Waals surface area contributed by atoms with E-state index in [1.54, 1.807) is 17.2 Å². The molecule has 0 spiro atoms. The van der Waals surface area contributed by atoms with E-state index in [0.717, 1.165) is 6.42 Å². The first-order chi connectivity index (χ1) is 4.67. The number of nitrogens with zero attached hydrogens (tertiary/aromatic N) is 3. The fraction of sp³-hybridized carbons (Fsp3) is 0.714. The lowest BCUT2D eigenvalue weighted by molar-refractivity contribution is 0.271. The summed E-state index contributed by atoms with van der Waals surface area (Å²) < 4.78 is 0. The molecule has 1 rings (SSSR count). The third-order valence-corrected chi connectivity index (χ3v) is 1.83. The molecular weight excluding hydrogens is 126 g/mol. The van der Waals surface area contributed by atoms with Crippen molar-refractivity contribution in [3.8, 4) is 0 Å². The Hall–Kier alpha value is -0.860. The summed E-state index contributed by atoms with van der Waals surface area (Å²) in [4.78, 5) is 1.74. The largest absolute Gasteiger partial charge is 0.179 e. The molecule has 0 aliphatic carbocycles. The highest BCUT2D eigenvalue weighted by Crippen LogP contribution is 2.15. The first kappa shape index (κ1) is 7.25. The summed E-state index contributed by atoms with van der Waals surface area (Å²) in [5, 5.41) is 8.13. The zero-order valence-corrected chi connectivity index (χ0v) is 6.70. The molecule has 1 aromatic rings. The summed E-state index contributed by atoms with van der Waals surface area (Å²) in [5.74, 6) is 0. The monoisotopic (exact) mass is 139 g/mol.